The molecule has 1 N–H and O–H groups in total. The van der Waals surface area contributed by atoms with E-state index in [2.05, 4.69) is 46.6 Å². The second kappa shape index (κ2) is 4.99. The van der Waals surface area contributed by atoms with Crippen molar-refractivity contribution < 1.29 is 0 Å². The molecule has 90 valence electrons. The van der Waals surface area contributed by atoms with E-state index in [0.29, 0.717) is 0 Å². The van der Waals surface area contributed by atoms with Crippen LogP contribution in [0.1, 0.15) is 17.0 Å². The Hall–Kier alpha value is -1.84. The maximum Gasteiger partial charge on any atom is 0.220 e. The monoisotopic (exact) mass is 230 g/mol. The van der Waals surface area contributed by atoms with E-state index in [1.807, 2.05) is 14.1 Å². The van der Waals surface area contributed by atoms with E-state index in [0.717, 1.165) is 24.6 Å². The first-order valence-corrected chi connectivity index (χ1v) is 5.83. The smallest absolute Gasteiger partial charge is 0.220 e. The van der Waals surface area contributed by atoms with Gasteiger partial charge in [-0.2, -0.15) is 10.1 Å². The third-order valence-electron chi connectivity index (χ3n) is 2.91. The third kappa shape index (κ3) is 2.64. The highest BCUT2D eigenvalue weighted by Crippen LogP contribution is 2.11. The first-order chi connectivity index (χ1) is 8.20. The largest absolute Gasteiger partial charge is 0.358 e. The number of nitrogens with zero attached hydrogens (tertiary/aromatic N) is 3. The van der Waals surface area contributed by atoms with Crippen molar-refractivity contribution in [3.05, 3.63) is 41.2 Å². The Morgan fingerprint density at radius 3 is 2.65 bits per heavy atom. The fourth-order valence-electron chi connectivity index (χ4n) is 1.90. The van der Waals surface area contributed by atoms with Crippen molar-refractivity contribution in [1.29, 1.82) is 0 Å². The molecule has 0 aliphatic rings. The zero-order valence-corrected chi connectivity index (χ0v) is 10.6. The lowest BCUT2D eigenvalue weighted by Crippen LogP contribution is -1.99. The van der Waals surface area contributed by atoms with Gasteiger partial charge in [0.25, 0.3) is 0 Å². The number of rotatable bonds is 4. The average molecular weight is 230 g/mol. The zero-order valence-electron chi connectivity index (χ0n) is 10.6. The summed E-state index contributed by atoms with van der Waals surface area (Å²) in [5.41, 5.74) is 2.70. The minimum absolute atomic E-state index is 0.810. The van der Waals surface area contributed by atoms with Crippen LogP contribution in [0.4, 0.5) is 5.95 Å². The van der Waals surface area contributed by atoms with Crippen LogP contribution in [0.15, 0.2) is 24.3 Å². The molecule has 0 radical (unpaired) electrons. The van der Waals surface area contributed by atoms with Gasteiger partial charge in [-0.15, -0.1) is 0 Å². The van der Waals surface area contributed by atoms with Crippen LogP contribution in [0, 0.1) is 6.92 Å². The molecule has 2 aromatic rings. The Morgan fingerprint density at radius 1 is 1.24 bits per heavy atom. The number of anilines is 1. The SMILES string of the molecule is CNc1nc(CCc2ccccc2C)nn1C. The fourth-order valence-corrected chi connectivity index (χ4v) is 1.90. The lowest BCUT2D eigenvalue weighted by atomic mass is 10.0. The summed E-state index contributed by atoms with van der Waals surface area (Å²) in [5, 5.41) is 7.38. The Balaban J connectivity index is 2.05. The molecular weight excluding hydrogens is 212 g/mol. The van der Waals surface area contributed by atoms with E-state index in [1.54, 1.807) is 4.68 Å². The summed E-state index contributed by atoms with van der Waals surface area (Å²) in [6, 6.07) is 8.45. The van der Waals surface area contributed by atoms with Crippen molar-refractivity contribution >= 4 is 5.95 Å². The molecule has 1 aromatic heterocycles. The molecule has 1 aromatic carbocycles. The number of hydrogen-bond acceptors (Lipinski definition) is 3. The Kier molecular flexibility index (Phi) is 3.42. The van der Waals surface area contributed by atoms with Crippen LogP contribution in [-0.2, 0) is 19.9 Å². The molecule has 0 bridgehead atoms. The van der Waals surface area contributed by atoms with Crippen LogP contribution < -0.4 is 5.32 Å². The van der Waals surface area contributed by atoms with Gasteiger partial charge in [0.05, 0.1) is 0 Å². The van der Waals surface area contributed by atoms with Gasteiger partial charge in [-0.3, -0.25) is 0 Å². The van der Waals surface area contributed by atoms with Gasteiger partial charge in [0.2, 0.25) is 5.95 Å². The van der Waals surface area contributed by atoms with Crippen molar-refractivity contribution in [2.75, 3.05) is 12.4 Å². The molecule has 0 atom stereocenters. The fraction of sp³-hybridized carbons (Fsp3) is 0.385. The summed E-state index contributed by atoms with van der Waals surface area (Å²) in [6.45, 7) is 2.14. The van der Waals surface area contributed by atoms with Crippen LogP contribution in [0.2, 0.25) is 0 Å². The van der Waals surface area contributed by atoms with Crippen molar-refractivity contribution in [3.63, 3.8) is 0 Å². The van der Waals surface area contributed by atoms with Gasteiger partial charge in [-0.05, 0) is 24.5 Å². The Bertz CT molecular complexity index is 502. The third-order valence-corrected chi connectivity index (χ3v) is 2.91. The molecule has 0 saturated carbocycles. The molecule has 0 spiro atoms. The topological polar surface area (TPSA) is 42.7 Å². The van der Waals surface area contributed by atoms with Crippen LogP contribution in [0.3, 0.4) is 0 Å². The van der Waals surface area contributed by atoms with Gasteiger partial charge in [-0.1, -0.05) is 24.3 Å². The normalized spacial score (nSPS) is 10.5. The molecule has 0 fully saturated rings. The summed E-state index contributed by atoms with van der Waals surface area (Å²) < 4.78 is 1.77. The molecule has 0 aliphatic heterocycles. The van der Waals surface area contributed by atoms with E-state index in [9.17, 15) is 0 Å². The lowest BCUT2D eigenvalue weighted by molar-refractivity contribution is 0.741. The predicted octanol–water partition coefficient (Wildman–Crippen LogP) is 1.95. The van der Waals surface area contributed by atoms with Crippen LogP contribution in [-0.4, -0.2) is 21.8 Å². The van der Waals surface area contributed by atoms with Crippen molar-refractivity contribution in [2.24, 2.45) is 7.05 Å². The van der Waals surface area contributed by atoms with E-state index in [4.69, 9.17) is 0 Å². The number of hydrogen-bond donors (Lipinski definition) is 1. The summed E-state index contributed by atoms with van der Waals surface area (Å²) in [4.78, 5) is 4.41. The Morgan fingerprint density at radius 2 is 2.00 bits per heavy atom. The van der Waals surface area contributed by atoms with E-state index in [1.165, 1.54) is 11.1 Å². The highest BCUT2D eigenvalue weighted by molar-refractivity contribution is 5.27. The molecule has 0 aliphatic carbocycles. The maximum absolute atomic E-state index is 4.41. The van der Waals surface area contributed by atoms with Gasteiger partial charge in [0.15, 0.2) is 5.82 Å². The van der Waals surface area contributed by atoms with Crippen LogP contribution in [0.5, 0.6) is 0 Å². The van der Waals surface area contributed by atoms with E-state index >= 15 is 0 Å². The molecule has 0 saturated heterocycles. The maximum atomic E-state index is 4.41. The minimum Gasteiger partial charge on any atom is -0.358 e. The quantitative estimate of drug-likeness (QED) is 0.873. The summed E-state index contributed by atoms with van der Waals surface area (Å²) in [6.07, 6.45) is 1.86. The van der Waals surface area contributed by atoms with Gasteiger partial charge < -0.3 is 5.32 Å². The highest BCUT2D eigenvalue weighted by atomic mass is 15.4. The second-order valence-electron chi connectivity index (χ2n) is 4.15. The molecule has 17 heavy (non-hydrogen) atoms. The summed E-state index contributed by atoms with van der Waals surface area (Å²) in [5.74, 6) is 1.70. The molecular formula is C13H18N4. The molecule has 2 rings (SSSR count). The predicted molar refractivity (Wildman–Crippen MR) is 69.1 cm³/mol. The second-order valence-corrected chi connectivity index (χ2v) is 4.15. The van der Waals surface area contributed by atoms with Gasteiger partial charge in [-0.25, -0.2) is 4.68 Å². The number of aryl methyl sites for hydroxylation is 4. The number of benzene rings is 1. The summed E-state index contributed by atoms with van der Waals surface area (Å²) >= 11 is 0. The highest BCUT2D eigenvalue weighted by Gasteiger charge is 2.06. The number of nitrogens with one attached hydrogen (secondary N) is 1. The van der Waals surface area contributed by atoms with Gasteiger partial charge in [0.1, 0.15) is 0 Å². The Labute approximate surface area is 102 Å². The first-order valence-electron chi connectivity index (χ1n) is 5.83. The van der Waals surface area contributed by atoms with Crippen molar-refractivity contribution in [2.45, 2.75) is 19.8 Å². The van der Waals surface area contributed by atoms with E-state index < -0.39 is 0 Å². The molecule has 4 heteroatoms. The van der Waals surface area contributed by atoms with Crippen LogP contribution >= 0.6 is 0 Å². The van der Waals surface area contributed by atoms with Crippen molar-refractivity contribution in [3.8, 4) is 0 Å². The molecule has 0 amide bonds. The van der Waals surface area contributed by atoms with E-state index in [-0.39, 0.29) is 0 Å². The first kappa shape index (κ1) is 11.6. The minimum atomic E-state index is 0.810. The van der Waals surface area contributed by atoms with Gasteiger partial charge >= 0.3 is 0 Å². The van der Waals surface area contributed by atoms with Gasteiger partial charge in [0, 0.05) is 20.5 Å². The lowest BCUT2D eigenvalue weighted by Gasteiger charge is -2.02. The summed E-state index contributed by atoms with van der Waals surface area (Å²) in [7, 11) is 3.76. The molecule has 0 unspecified atom stereocenters. The van der Waals surface area contributed by atoms with Crippen molar-refractivity contribution in [1.82, 2.24) is 14.8 Å². The molecule has 1 heterocycles. The zero-order chi connectivity index (χ0) is 12.3. The standard InChI is InChI=1S/C13H18N4/c1-10-6-4-5-7-11(10)8-9-12-15-13(14-2)17(3)16-12/h4-7H,8-9H2,1-3H3,(H,14,15,16). The molecule has 4 nitrogen and oxygen atoms in total. The number of aromatic nitrogens is 3. The van der Waals surface area contributed by atoms with Crippen LogP contribution in [0.25, 0.3) is 0 Å². The average Bonchev–Trinajstić information content (AvgIpc) is 2.69.